The Morgan fingerprint density at radius 1 is 1.31 bits per heavy atom. The van der Waals surface area contributed by atoms with E-state index in [9.17, 15) is 9.90 Å². The predicted molar refractivity (Wildman–Crippen MR) is 99.9 cm³/mol. The van der Waals surface area contributed by atoms with Gasteiger partial charge >= 0.3 is 0 Å². The summed E-state index contributed by atoms with van der Waals surface area (Å²) in [5.41, 5.74) is 0.578. The van der Waals surface area contributed by atoms with Crippen molar-refractivity contribution in [1.29, 1.82) is 0 Å². The van der Waals surface area contributed by atoms with E-state index in [2.05, 4.69) is 17.9 Å². The second-order valence-electron chi connectivity index (χ2n) is 8.28. The molecule has 1 aromatic carbocycles. The highest BCUT2D eigenvalue weighted by Gasteiger charge is 2.47. The summed E-state index contributed by atoms with van der Waals surface area (Å²) in [6.07, 6.45) is 4.24. The number of hydrogen-bond donors (Lipinski definition) is 1. The monoisotopic (exact) mass is 358 g/mol. The Balaban J connectivity index is 1.35. The molecular weight excluding hydrogens is 328 g/mol. The normalized spacial score (nSPS) is 30.1. The van der Waals surface area contributed by atoms with Crippen molar-refractivity contribution >= 4 is 5.91 Å². The Morgan fingerprint density at radius 3 is 2.85 bits per heavy atom. The van der Waals surface area contributed by atoms with Crippen molar-refractivity contribution in [3.8, 4) is 5.75 Å². The van der Waals surface area contributed by atoms with Crippen LogP contribution in [-0.4, -0.2) is 59.2 Å². The molecule has 0 unspecified atom stereocenters. The molecule has 2 atom stereocenters. The number of carbonyl (C=O) groups excluding carboxylic acids is 1. The van der Waals surface area contributed by atoms with Crippen molar-refractivity contribution in [3.05, 3.63) is 29.8 Å². The minimum Gasteiger partial charge on any atom is -0.492 e. The number of hydrogen-bond acceptors (Lipinski definition) is 4. The zero-order valence-corrected chi connectivity index (χ0v) is 15.7. The molecule has 4 rings (SSSR count). The summed E-state index contributed by atoms with van der Waals surface area (Å²) < 4.78 is 5.80. The molecule has 5 heteroatoms. The average Bonchev–Trinajstić information content (AvgIpc) is 2.77. The Bertz CT molecular complexity index is 660. The van der Waals surface area contributed by atoms with Crippen LogP contribution in [-0.2, 0) is 11.3 Å². The molecule has 1 amide bonds. The summed E-state index contributed by atoms with van der Waals surface area (Å²) >= 11 is 0. The van der Waals surface area contributed by atoms with Crippen LogP contribution in [0.5, 0.6) is 5.75 Å². The first-order valence-electron chi connectivity index (χ1n) is 9.99. The molecule has 1 aliphatic carbocycles. The van der Waals surface area contributed by atoms with Crippen LogP contribution in [0.25, 0.3) is 0 Å². The molecule has 0 bridgehead atoms. The van der Waals surface area contributed by atoms with E-state index < -0.39 is 5.60 Å². The van der Waals surface area contributed by atoms with E-state index >= 15 is 0 Å². The van der Waals surface area contributed by atoms with E-state index in [1.807, 2.05) is 23.1 Å². The van der Waals surface area contributed by atoms with Gasteiger partial charge in [-0.3, -0.25) is 9.69 Å². The first-order chi connectivity index (χ1) is 12.6. The number of aliphatic hydroxyl groups is 1. The van der Waals surface area contributed by atoms with Crippen LogP contribution in [0.4, 0.5) is 0 Å². The number of rotatable bonds is 3. The maximum atomic E-state index is 12.9. The lowest BCUT2D eigenvalue weighted by Crippen LogP contribution is -2.58. The summed E-state index contributed by atoms with van der Waals surface area (Å²) in [5.74, 6) is 1.69. The SMILES string of the molecule is C[C@@H]1CN(C(=O)CN2CCOc3ccccc3C2)CC[C@@]1(O)C1CCC1. The summed E-state index contributed by atoms with van der Waals surface area (Å²) in [6.45, 7) is 6.00. The first kappa shape index (κ1) is 17.8. The lowest BCUT2D eigenvalue weighted by Gasteiger charge is -2.50. The molecule has 1 N–H and O–H groups in total. The Morgan fingerprint density at radius 2 is 2.12 bits per heavy atom. The molecule has 1 saturated heterocycles. The van der Waals surface area contributed by atoms with Crippen molar-refractivity contribution in [2.45, 2.75) is 44.8 Å². The van der Waals surface area contributed by atoms with Crippen molar-refractivity contribution in [3.63, 3.8) is 0 Å². The first-order valence-corrected chi connectivity index (χ1v) is 9.99. The minimum absolute atomic E-state index is 0.152. The van der Waals surface area contributed by atoms with Crippen molar-refractivity contribution in [2.75, 3.05) is 32.8 Å². The van der Waals surface area contributed by atoms with E-state index in [1.165, 1.54) is 6.42 Å². The third-order valence-corrected chi connectivity index (χ3v) is 6.69. The molecule has 0 radical (unpaired) electrons. The number of benzene rings is 1. The standard InChI is InChI=1S/C21H30N2O3/c1-16-13-23(10-9-21(16,25)18-6-4-7-18)20(24)15-22-11-12-26-19-8-3-2-5-17(19)14-22/h2-3,5,8,16,18,25H,4,6-7,9-15H2,1H3/t16-,21+/m1/s1. The highest BCUT2D eigenvalue weighted by atomic mass is 16.5. The number of ether oxygens (including phenoxy) is 1. The summed E-state index contributed by atoms with van der Waals surface area (Å²) in [5, 5.41) is 11.1. The lowest BCUT2D eigenvalue weighted by atomic mass is 9.65. The smallest absolute Gasteiger partial charge is 0.236 e. The molecule has 3 aliphatic rings. The van der Waals surface area contributed by atoms with Crippen LogP contribution in [0.3, 0.4) is 0 Å². The number of para-hydroxylation sites is 1. The topological polar surface area (TPSA) is 53.0 Å². The van der Waals surface area contributed by atoms with Gasteiger partial charge in [-0.25, -0.2) is 0 Å². The van der Waals surface area contributed by atoms with Gasteiger partial charge in [0.2, 0.25) is 5.91 Å². The fourth-order valence-electron chi connectivity index (χ4n) is 4.69. The van der Waals surface area contributed by atoms with E-state index in [0.29, 0.717) is 32.2 Å². The third kappa shape index (κ3) is 3.35. The molecule has 1 aromatic rings. The van der Waals surface area contributed by atoms with Crippen LogP contribution in [0, 0.1) is 11.8 Å². The van der Waals surface area contributed by atoms with Gasteiger partial charge in [-0.1, -0.05) is 31.5 Å². The minimum atomic E-state index is -0.565. The maximum absolute atomic E-state index is 12.9. The number of nitrogens with zero attached hydrogens (tertiary/aromatic N) is 2. The molecule has 1 saturated carbocycles. The van der Waals surface area contributed by atoms with Gasteiger partial charge in [-0.05, 0) is 31.2 Å². The Labute approximate surface area is 155 Å². The Hall–Kier alpha value is -1.59. The van der Waals surface area contributed by atoms with Gasteiger partial charge in [-0.2, -0.15) is 0 Å². The summed E-state index contributed by atoms with van der Waals surface area (Å²) in [6, 6.07) is 8.06. The van der Waals surface area contributed by atoms with Gasteiger partial charge < -0.3 is 14.7 Å². The quantitative estimate of drug-likeness (QED) is 0.901. The molecule has 0 aromatic heterocycles. The number of piperidine rings is 1. The number of carbonyl (C=O) groups is 1. The fourth-order valence-corrected chi connectivity index (χ4v) is 4.69. The Kier molecular flexibility index (Phi) is 4.93. The number of fused-ring (bicyclic) bond motifs is 1. The summed E-state index contributed by atoms with van der Waals surface area (Å²) in [7, 11) is 0. The van der Waals surface area contributed by atoms with Crippen molar-refractivity contribution in [2.24, 2.45) is 11.8 Å². The molecule has 26 heavy (non-hydrogen) atoms. The van der Waals surface area contributed by atoms with Gasteiger partial charge in [0.25, 0.3) is 0 Å². The van der Waals surface area contributed by atoms with Crippen molar-refractivity contribution in [1.82, 2.24) is 9.80 Å². The van der Waals surface area contributed by atoms with Gasteiger partial charge in [-0.15, -0.1) is 0 Å². The molecule has 5 nitrogen and oxygen atoms in total. The molecular formula is C21H30N2O3. The van der Waals surface area contributed by atoms with Gasteiger partial charge in [0.15, 0.2) is 0 Å². The number of likely N-dealkylation sites (tertiary alicyclic amines) is 1. The molecule has 0 spiro atoms. The van der Waals surface area contributed by atoms with Crippen LogP contribution in [0.15, 0.2) is 24.3 Å². The van der Waals surface area contributed by atoms with Crippen LogP contribution < -0.4 is 4.74 Å². The zero-order chi connectivity index (χ0) is 18.1. The predicted octanol–water partition coefficient (Wildman–Crippen LogP) is 2.28. The molecule has 2 aliphatic heterocycles. The molecule has 2 fully saturated rings. The van der Waals surface area contributed by atoms with Crippen molar-refractivity contribution < 1.29 is 14.6 Å². The van der Waals surface area contributed by atoms with Crippen LogP contribution >= 0.6 is 0 Å². The van der Waals surface area contributed by atoms with E-state index in [1.54, 1.807) is 0 Å². The lowest BCUT2D eigenvalue weighted by molar-refractivity contribution is -0.151. The zero-order valence-electron chi connectivity index (χ0n) is 15.7. The second-order valence-corrected chi connectivity index (χ2v) is 8.28. The highest BCUT2D eigenvalue weighted by Crippen LogP contribution is 2.44. The van der Waals surface area contributed by atoms with Crippen LogP contribution in [0.1, 0.15) is 38.2 Å². The average molecular weight is 358 g/mol. The summed E-state index contributed by atoms with van der Waals surface area (Å²) in [4.78, 5) is 17.0. The highest BCUT2D eigenvalue weighted by molar-refractivity contribution is 5.78. The van der Waals surface area contributed by atoms with Gasteiger partial charge in [0.1, 0.15) is 12.4 Å². The maximum Gasteiger partial charge on any atom is 0.236 e. The third-order valence-electron chi connectivity index (χ3n) is 6.69. The molecule has 2 heterocycles. The second kappa shape index (κ2) is 7.20. The van der Waals surface area contributed by atoms with E-state index in [4.69, 9.17) is 4.74 Å². The molecule has 142 valence electrons. The van der Waals surface area contributed by atoms with E-state index in [0.717, 1.165) is 43.7 Å². The largest absolute Gasteiger partial charge is 0.492 e. The van der Waals surface area contributed by atoms with Gasteiger partial charge in [0, 0.05) is 37.7 Å². The van der Waals surface area contributed by atoms with Crippen LogP contribution in [0.2, 0.25) is 0 Å². The van der Waals surface area contributed by atoms with Gasteiger partial charge in [0.05, 0.1) is 12.1 Å². The van der Waals surface area contributed by atoms with E-state index in [-0.39, 0.29) is 11.8 Å². The number of amides is 1. The fraction of sp³-hybridized carbons (Fsp3) is 0.667.